The van der Waals surface area contributed by atoms with Crippen molar-refractivity contribution in [3.63, 3.8) is 0 Å². The van der Waals surface area contributed by atoms with E-state index in [0.29, 0.717) is 37.1 Å². The lowest BCUT2D eigenvalue weighted by atomic mass is 9.95. The molecule has 0 unspecified atom stereocenters. The molecule has 5 rings (SSSR count). The SMILES string of the molecule is CCOC(=O)C1=C(C)N=c2s/c(=C/c3ccc(-c4cccc(Cl)c4)o3)c(=O)n2[C@@H]1c1ccc(OC(C)=O)c(OC)c1. The molecule has 1 atom stereocenters. The number of carbonyl (C=O) groups excluding carboxylic acids is 2. The predicted octanol–water partition coefficient (Wildman–Crippen LogP) is 4.65. The second-order valence-corrected chi connectivity index (χ2v) is 10.5. The van der Waals surface area contributed by atoms with Crippen LogP contribution in [0.5, 0.6) is 11.5 Å². The summed E-state index contributed by atoms with van der Waals surface area (Å²) < 4.78 is 23.8. The number of carbonyl (C=O) groups is 2. The van der Waals surface area contributed by atoms with Crippen molar-refractivity contribution in [2.75, 3.05) is 13.7 Å². The zero-order valence-corrected chi connectivity index (χ0v) is 24.2. The summed E-state index contributed by atoms with van der Waals surface area (Å²) in [7, 11) is 1.44. The van der Waals surface area contributed by atoms with Crippen molar-refractivity contribution in [1.29, 1.82) is 0 Å². The first-order valence-electron chi connectivity index (χ1n) is 12.6. The highest BCUT2D eigenvalue weighted by atomic mass is 35.5. The van der Waals surface area contributed by atoms with E-state index in [-0.39, 0.29) is 29.2 Å². The smallest absolute Gasteiger partial charge is 0.338 e. The number of allylic oxidation sites excluding steroid dienone is 1. The number of hydrogen-bond donors (Lipinski definition) is 0. The average molecular weight is 593 g/mol. The maximum absolute atomic E-state index is 13.9. The first-order chi connectivity index (χ1) is 19.7. The van der Waals surface area contributed by atoms with E-state index in [1.54, 1.807) is 62.4 Å². The molecule has 0 N–H and O–H groups in total. The Bertz CT molecular complexity index is 1880. The molecule has 0 amide bonds. The highest BCUT2D eigenvalue weighted by Gasteiger charge is 2.34. The van der Waals surface area contributed by atoms with Gasteiger partial charge < -0.3 is 18.6 Å². The molecule has 41 heavy (non-hydrogen) atoms. The lowest BCUT2D eigenvalue weighted by Gasteiger charge is -2.25. The third kappa shape index (κ3) is 5.61. The minimum absolute atomic E-state index is 0.148. The topological polar surface area (TPSA) is 109 Å². The maximum atomic E-state index is 13.9. The number of aromatic nitrogens is 1. The fourth-order valence-electron chi connectivity index (χ4n) is 4.56. The number of nitrogens with zero attached hydrogens (tertiary/aromatic N) is 2. The van der Waals surface area contributed by atoms with Gasteiger partial charge in [-0.15, -0.1) is 0 Å². The number of methoxy groups -OCH3 is 1. The molecular weight excluding hydrogens is 568 g/mol. The molecule has 2 aromatic carbocycles. The van der Waals surface area contributed by atoms with Gasteiger partial charge in [-0.2, -0.15) is 0 Å². The number of halogens is 1. The Labute approximate surface area is 243 Å². The van der Waals surface area contributed by atoms with Crippen LogP contribution in [0.4, 0.5) is 0 Å². The van der Waals surface area contributed by atoms with Crippen molar-refractivity contribution in [2.24, 2.45) is 4.99 Å². The predicted molar refractivity (Wildman–Crippen MR) is 154 cm³/mol. The third-order valence-corrected chi connectivity index (χ3v) is 7.50. The van der Waals surface area contributed by atoms with Crippen molar-refractivity contribution in [3.8, 4) is 22.8 Å². The van der Waals surface area contributed by atoms with Gasteiger partial charge in [-0.25, -0.2) is 9.79 Å². The highest BCUT2D eigenvalue weighted by Crippen LogP contribution is 2.36. The van der Waals surface area contributed by atoms with Gasteiger partial charge in [-0.1, -0.05) is 41.1 Å². The summed E-state index contributed by atoms with van der Waals surface area (Å²) >= 11 is 7.30. The normalized spacial score (nSPS) is 14.9. The van der Waals surface area contributed by atoms with E-state index < -0.39 is 18.0 Å². The standard InChI is InChI=1S/C30H25ClN2O7S/c1-5-38-29(36)26-16(2)32-30-33(27(26)19-9-11-23(39-17(3)34)24(14-19)37-4)28(35)25(41-30)15-21-10-12-22(40-21)18-7-6-8-20(31)13-18/h6-15,27H,5H2,1-4H3/b25-15+/t27-/m1/s1. The zero-order chi connectivity index (χ0) is 29.3. The summed E-state index contributed by atoms with van der Waals surface area (Å²) in [6, 6.07) is 14.8. The van der Waals surface area contributed by atoms with E-state index in [9.17, 15) is 14.4 Å². The molecule has 0 fully saturated rings. The van der Waals surface area contributed by atoms with E-state index >= 15 is 0 Å². The lowest BCUT2D eigenvalue weighted by Crippen LogP contribution is -2.39. The first-order valence-corrected chi connectivity index (χ1v) is 13.8. The van der Waals surface area contributed by atoms with E-state index in [0.717, 1.165) is 5.56 Å². The van der Waals surface area contributed by atoms with Gasteiger partial charge in [0.15, 0.2) is 16.3 Å². The quantitative estimate of drug-likeness (QED) is 0.227. The molecule has 0 radical (unpaired) electrons. The van der Waals surface area contributed by atoms with Crippen LogP contribution < -0.4 is 24.4 Å². The van der Waals surface area contributed by atoms with Crippen molar-refractivity contribution in [2.45, 2.75) is 26.8 Å². The molecule has 0 aliphatic carbocycles. The summed E-state index contributed by atoms with van der Waals surface area (Å²) in [5, 5.41) is 0.582. The number of furan rings is 1. The Morgan fingerprint density at radius 1 is 1.15 bits per heavy atom. The van der Waals surface area contributed by atoms with E-state index in [4.69, 9.17) is 30.2 Å². The monoisotopic (exact) mass is 592 g/mol. The van der Waals surface area contributed by atoms with Crippen LogP contribution >= 0.6 is 22.9 Å². The van der Waals surface area contributed by atoms with Crippen LogP contribution in [0, 0.1) is 0 Å². The molecule has 11 heteroatoms. The molecule has 1 aliphatic heterocycles. The van der Waals surface area contributed by atoms with Crippen LogP contribution in [-0.2, 0) is 14.3 Å². The molecular formula is C30H25ClN2O7S. The lowest BCUT2D eigenvalue weighted by molar-refractivity contribution is -0.139. The van der Waals surface area contributed by atoms with Crippen molar-refractivity contribution in [1.82, 2.24) is 4.57 Å². The van der Waals surface area contributed by atoms with Gasteiger partial charge >= 0.3 is 11.9 Å². The van der Waals surface area contributed by atoms with Gasteiger partial charge in [-0.3, -0.25) is 14.2 Å². The van der Waals surface area contributed by atoms with Gasteiger partial charge in [0.05, 0.1) is 35.6 Å². The number of hydrogen-bond acceptors (Lipinski definition) is 9. The number of esters is 2. The Balaban J connectivity index is 1.65. The van der Waals surface area contributed by atoms with Crippen LogP contribution in [0.25, 0.3) is 17.4 Å². The summed E-state index contributed by atoms with van der Waals surface area (Å²) in [5.41, 5.74) is 1.63. The summed E-state index contributed by atoms with van der Waals surface area (Å²) in [6.45, 7) is 4.84. The summed E-state index contributed by atoms with van der Waals surface area (Å²) in [6.07, 6.45) is 1.64. The Hall–Kier alpha value is -4.41. The molecule has 0 saturated carbocycles. The summed E-state index contributed by atoms with van der Waals surface area (Å²) in [4.78, 5) is 43.6. The minimum Gasteiger partial charge on any atom is -0.493 e. The first kappa shape index (κ1) is 28.1. The van der Waals surface area contributed by atoms with Crippen molar-refractivity contribution in [3.05, 3.63) is 102 Å². The highest BCUT2D eigenvalue weighted by molar-refractivity contribution is 7.07. The van der Waals surface area contributed by atoms with Crippen LogP contribution in [0.1, 0.15) is 38.1 Å². The number of ether oxygens (including phenoxy) is 3. The average Bonchev–Trinajstić information content (AvgIpc) is 3.52. The van der Waals surface area contributed by atoms with E-state index in [2.05, 4.69) is 4.99 Å². The van der Waals surface area contributed by atoms with Gasteiger partial charge in [0.25, 0.3) is 5.56 Å². The van der Waals surface area contributed by atoms with Crippen LogP contribution in [0.3, 0.4) is 0 Å². The van der Waals surface area contributed by atoms with Crippen LogP contribution in [0.15, 0.2) is 80.1 Å². The Kier molecular flexibility index (Phi) is 7.96. The molecule has 0 spiro atoms. The van der Waals surface area contributed by atoms with Crippen molar-refractivity contribution >= 4 is 41.0 Å². The van der Waals surface area contributed by atoms with E-state index in [1.165, 1.54) is 29.9 Å². The molecule has 4 aromatic rings. The van der Waals surface area contributed by atoms with Crippen molar-refractivity contribution < 1.29 is 28.2 Å². The summed E-state index contributed by atoms with van der Waals surface area (Å²) in [5.74, 6) is 0.446. The maximum Gasteiger partial charge on any atom is 0.338 e. The second kappa shape index (κ2) is 11.6. The van der Waals surface area contributed by atoms with E-state index in [1.807, 2.05) is 12.1 Å². The van der Waals surface area contributed by atoms with Crippen LogP contribution in [-0.4, -0.2) is 30.2 Å². The van der Waals surface area contributed by atoms with Gasteiger partial charge in [0, 0.05) is 23.6 Å². The molecule has 3 heterocycles. The molecule has 2 aromatic heterocycles. The Morgan fingerprint density at radius 3 is 2.66 bits per heavy atom. The molecule has 9 nitrogen and oxygen atoms in total. The minimum atomic E-state index is -0.869. The molecule has 0 bridgehead atoms. The molecule has 1 aliphatic rings. The molecule has 0 saturated heterocycles. The number of rotatable bonds is 7. The number of fused-ring (bicyclic) bond motifs is 1. The number of thiazole rings is 1. The Morgan fingerprint density at radius 2 is 1.95 bits per heavy atom. The fourth-order valence-corrected chi connectivity index (χ4v) is 5.77. The zero-order valence-electron chi connectivity index (χ0n) is 22.6. The van der Waals surface area contributed by atoms with Gasteiger partial charge in [0.2, 0.25) is 0 Å². The second-order valence-electron chi connectivity index (χ2n) is 9.02. The largest absolute Gasteiger partial charge is 0.493 e. The van der Waals surface area contributed by atoms with Crippen LogP contribution in [0.2, 0.25) is 5.02 Å². The number of benzene rings is 2. The van der Waals surface area contributed by atoms with Gasteiger partial charge in [-0.05, 0) is 55.8 Å². The molecule has 210 valence electrons. The fraction of sp³-hybridized carbons (Fsp3) is 0.200. The van der Waals surface area contributed by atoms with Gasteiger partial charge in [0.1, 0.15) is 11.5 Å². The third-order valence-electron chi connectivity index (χ3n) is 6.28.